The Bertz CT molecular complexity index is 462. The van der Waals surface area contributed by atoms with E-state index in [4.69, 9.17) is 16.3 Å². The van der Waals surface area contributed by atoms with E-state index in [0.717, 1.165) is 12.8 Å². The van der Waals surface area contributed by atoms with Crippen LogP contribution in [-0.2, 0) is 4.74 Å². The van der Waals surface area contributed by atoms with Gasteiger partial charge in [-0.15, -0.1) is 0 Å². The Hall–Kier alpha value is -1.33. The molecule has 0 aromatic carbocycles. The van der Waals surface area contributed by atoms with Crippen molar-refractivity contribution >= 4 is 23.3 Å². The molecular weight excluding hydrogens is 278 g/mol. The average molecular weight is 298 g/mol. The van der Waals surface area contributed by atoms with Crippen LogP contribution in [0.1, 0.15) is 36.2 Å². The van der Waals surface area contributed by atoms with Crippen molar-refractivity contribution in [3.63, 3.8) is 0 Å². The van der Waals surface area contributed by atoms with Crippen LogP contribution in [0.4, 0.5) is 5.82 Å². The van der Waals surface area contributed by atoms with Crippen molar-refractivity contribution in [1.82, 2.24) is 10.3 Å². The van der Waals surface area contributed by atoms with Crippen LogP contribution in [0.5, 0.6) is 0 Å². The second-order valence-electron chi connectivity index (χ2n) is 4.81. The summed E-state index contributed by atoms with van der Waals surface area (Å²) in [5, 5.41) is 6.00. The summed E-state index contributed by atoms with van der Waals surface area (Å²) in [6, 6.07) is 3.38. The molecule has 110 valence electrons. The number of rotatable bonds is 6. The second kappa shape index (κ2) is 7.45. The van der Waals surface area contributed by atoms with Crippen LogP contribution in [-0.4, -0.2) is 37.2 Å². The van der Waals surface area contributed by atoms with Gasteiger partial charge in [0.15, 0.2) is 0 Å². The van der Waals surface area contributed by atoms with E-state index in [1.807, 2.05) is 0 Å². The zero-order chi connectivity index (χ0) is 14.4. The minimum Gasteiger partial charge on any atom is -0.376 e. The highest BCUT2D eigenvalue weighted by Gasteiger charge is 2.16. The predicted octanol–water partition coefficient (Wildman–Crippen LogP) is 2.47. The maximum Gasteiger partial charge on any atom is 0.271 e. The van der Waals surface area contributed by atoms with E-state index < -0.39 is 0 Å². The molecule has 2 rings (SSSR count). The Labute approximate surface area is 124 Å². The first-order valence-corrected chi connectivity index (χ1v) is 7.32. The van der Waals surface area contributed by atoms with Gasteiger partial charge in [-0.05, 0) is 25.0 Å². The zero-order valence-electron chi connectivity index (χ0n) is 11.6. The van der Waals surface area contributed by atoms with Gasteiger partial charge in [0.05, 0.1) is 17.7 Å². The number of aromatic nitrogens is 1. The van der Waals surface area contributed by atoms with E-state index in [0.29, 0.717) is 30.1 Å². The average Bonchev–Trinajstić information content (AvgIpc) is 2.97. The number of halogens is 1. The van der Waals surface area contributed by atoms with Crippen LogP contribution in [0.15, 0.2) is 12.1 Å². The topological polar surface area (TPSA) is 63.2 Å². The monoisotopic (exact) mass is 297 g/mol. The molecule has 1 aliphatic rings. The van der Waals surface area contributed by atoms with Gasteiger partial charge in [-0.2, -0.15) is 0 Å². The van der Waals surface area contributed by atoms with Crippen LogP contribution in [0.2, 0.25) is 5.02 Å². The minimum atomic E-state index is -0.276. The van der Waals surface area contributed by atoms with Gasteiger partial charge in [0, 0.05) is 13.6 Å². The van der Waals surface area contributed by atoms with Crippen molar-refractivity contribution in [1.29, 1.82) is 0 Å². The molecule has 0 bridgehead atoms. The van der Waals surface area contributed by atoms with Crippen LogP contribution in [0, 0.1) is 0 Å². The summed E-state index contributed by atoms with van der Waals surface area (Å²) in [5.74, 6) is 0.337. The normalized spacial score (nSPS) is 15.3. The van der Waals surface area contributed by atoms with Crippen molar-refractivity contribution in [2.45, 2.75) is 31.8 Å². The first kappa shape index (κ1) is 15.1. The molecule has 1 amide bonds. The van der Waals surface area contributed by atoms with Crippen LogP contribution >= 0.6 is 11.6 Å². The molecule has 0 radical (unpaired) electrons. The number of anilines is 1. The number of hydrogen-bond donors (Lipinski definition) is 2. The van der Waals surface area contributed by atoms with E-state index in [1.54, 1.807) is 19.2 Å². The van der Waals surface area contributed by atoms with Gasteiger partial charge in [-0.25, -0.2) is 4.98 Å². The van der Waals surface area contributed by atoms with E-state index in [-0.39, 0.29) is 11.6 Å². The maximum absolute atomic E-state index is 12.0. The molecule has 1 aromatic heterocycles. The molecule has 1 aliphatic carbocycles. The highest BCUT2D eigenvalue weighted by Crippen LogP contribution is 2.20. The summed E-state index contributed by atoms with van der Waals surface area (Å²) in [7, 11) is 1.74. The molecule has 0 spiro atoms. The van der Waals surface area contributed by atoms with Crippen molar-refractivity contribution < 1.29 is 9.53 Å². The highest BCUT2D eigenvalue weighted by atomic mass is 35.5. The molecule has 1 heterocycles. The number of carbonyl (C=O) groups is 1. The van der Waals surface area contributed by atoms with Crippen LogP contribution < -0.4 is 10.6 Å². The lowest BCUT2D eigenvalue weighted by atomic mass is 10.3. The lowest BCUT2D eigenvalue weighted by molar-refractivity contribution is 0.0581. The molecule has 1 aromatic rings. The van der Waals surface area contributed by atoms with E-state index in [9.17, 15) is 4.79 Å². The number of amides is 1. The van der Waals surface area contributed by atoms with Gasteiger partial charge in [-0.1, -0.05) is 24.4 Å². The Kier molecular flexibility index (Phi) is 5.61. The standard InChI is InChI=1S/C14H20ClN3O2/c1-16-12-7-6-11(15)13(18-12)14(19)17-8-9-20-10-4-2-3-5-10/h6-7,10H,2-5,8-9H2,1H3,(H,16,18)(H,17,19). The molecule has 20 heavy (non-hydrogen) atoms. The summed E-state index contributed by atoms with van der Waals surface area (Å²) in [6.07, 6.45) is 5.11. The Morgan fingerprint density at radius 2 is 2.20 bits per heavy atom. The molecule has 0 saturated heterocycles. The smallest absolute Gasteiger partial charge is 0.271 e. The lowest BCUT2D eigenvalue weighted by Crippen LogP contribution is -2.29. The summed E-state index contributed by atoms with van der Waals surface area (Å²) in [6.45, 7) is 0.997. The van der Waals surface area contributed by atoms with Gasteiger partial charge in [0.2, 0.25) is 0 Å². The van der Waals surface area contributed by atoms with Crippen molar-refractivity contribution in [2.24, 2.45) is 0 Å². The Morgan fingerprint density at radius 3 is 2.90 bits per heavy atom. The van der Waals surface area contributed by atoms with Gasteiger partial charge in [0.1, 0.15) is 11.5 Å². The fourth-order valence-corrected chi connectivity index (χ4v) is 2.46. The molecule has 0 unspecified atom stereocenters. The summed E-state index contributed by atoms with van der Waals surface area (Å²) >= 11 is 5.98. The number of nitrogens with zero attached hydrogens (tertiary/aromatic N) is 1. The van der Waals surface area contributed by atoms with Gasteiger partial charge >= 0.3 is 0 Å². The Morgan fingerprint density at radius 1 is 1.45 bits per heavy atom. The van der Waals surface area contributed by atoms with Crippen LogP contribution in [0.25, 0.3) is 0 Å². The minimum absolute atomic E-state index is 0.236. The maximum atomic E-state index is 12.0. The number of hydrogen-bond acceptors (Lipinski definition) is 4. The van der Waals surface area contributed by atoms with Gasteiger partial charge in [0.25, 0.3) is 5.91 Å². The van der Waals surface area contributed by atoms with E-state index in [1.165, 1.54) is 12.8 Å². The predicted molar refractivity (Wildman–Crippen MR) is 79.3 cm³/mol. The van der Waals surface area contributed by atoms with Gasteiger partial charge in [-0.3, -0.25) is 4.79 Å². The summed E-state index contributed by atoms with van der Waals surface area (Å²) in [5.41, 5.74) is 0.236. The molecule has 1 saturated carbocycles. The van der Waals surface area contributed by atoms with Crippen molar-refractivity contribution in [3.8, 4) is 0 Å². The number of ether oxygens (including phenoxy) is 1. The highest BCUT2D eigenvalue weighted by molar-refractivity contribution is 6.33. The summed E-state index contributed by atoms with van der Waals surface area (Å²) in [4.78, 5) is 16.1. The zero-order valence-corrected chi connectivity index (χ0v) is 12.4. The first-order valence-electron chi connectivity index (χ1n) is 6.95. The van der Waals surface area contributed by atoms with Crippen molar-refractivity contribution in [2.75, 3.05) is 25.5 Å². The molecule has 0 atom stereocenters. The first-order chi connectivity index (χ1) is 9.70. The Balaban J connectivity index is 1.79. The quantitative estimate of drug-likeness (QED) is 0.792. The van der Waals surface area contributed by atoms with Crippen molar-refractivity contribution in [3.05, 3.63) is 22.8 Å². The fraction of sp³-hybridized carbons (Fsp3) is 0.571. The van der Waals surface area contributed by atoms with Crippen LogP contribution in [0.3, 0.4) is 0 Å². The van der Waals surface area contributed by atoms with E-state index >= 15 is 0 Å². The summed E-state index contributed by atoms with van der Waals surface area (Å²) < 4.78 is 5.68. The van der Waals surface area contributed by atoms with E-state index in [2.05, 4.69) is 15.6 Å². The number of nitrogens with one attached hydrogen (secondary N) is 2. The third kappa shape index (κ3) is 4.08. The molecule has 6 heteroatoms. The molecule has 2 N–H and O–H groups in total. The SMILES string of the molecule is CNc1ccc(Cl)c(C(=O)NCCOC2CCCC2)n1. The molecule has 0 aliphatic heterocycles. The molecule has 1 fully saturated rings. The fourth-order valence-electron chi connectivity index (χ4n) is 2.27. The third-order valence-electron chi connectivity index (χ3n) is 3.36. The third-order valence-corrected chi connectivity index (χ3v) is 3.67. The molecule has 5 nitrogen and oxygen atoms in total. The number of pyridine rings is 1. The van der Waals surface area contributed by atoms with Gasteiger partial charge < -0.3 is 15.4 Å². The number of carbonyl (C=O) groups excluding carboxylic acids is 1. The second-order valence-corrected chi connectivity index (χ2v) is 5.22. The lowest BCUT2D eigenvalue weighted by Gasteiger charge is -2.12. The largest absolute Gasteiger partial charge is 0.376 e. The molecular formula is C14H20ClN3O2.